The van der Waals surface area contributed by atoms with E-state index < -0.39 is 11.7 Å². The molecule has 1 heterocycles. The van der Waals surface area contributed by atoms with E-state index in [1.54, 1.807) is 18.3 Å². The molecule has 0 fully saturated rings. The number of carbonyl (C=O) groups excluding carboxylic acids is 1. The number of benzene rings is 1. The van der Waals surface area contributed by atoms with Crippen molar-refractivity contribution in [1.82, 2.24) is 9.78 Å². The topological polar surface area (TPSA) is 60.9 Å². The zero-order valence-corrected chi connectivity index (χ0v) is 8.64. The van der Waals surface area contributed by atoms with Crippen molar-refractivity contribution in [3.63, 3.8) is 0 Å². The third kappa shape index (κ3) is 1.79. The van der Waals surface area contributed by atoms with Crippen LogP contribution in [0.15, 0.2) is 30.5 Å². The van der Waals surface area contributed by atoms with Gasteiger partial charge in [0.05, 0.1) is 16.9 Å². The summed E-state index contributed by atoms with van der Waals surface area (Å²) in [6, 6.07) is 5.98. The Morgan fingerprint density at radius 2 is 2.19 bits per heavy atom. The van der Waals surface area contributed by atoms with Crippen molar-refractivity contribution in [2.45, 2.75) is 6.92 Å². The first kappa shape index (κ1) is 10.4. The molecule has 0 saturated heterocycles. The predicted octanol–water partition coefficient (Wildman–Crippen LogP) is 1.42. The smallest absolute Gasteiger partial charge is 0.251 e. The SMILES string of the molecule is Cc1ccn(-c2ccc(C(N)=O)c(F)c2)n1. The second-order valence-electron chi connectivity index (χ2n) is 3.43. The highest BCUT2D eigenvalue weighted by Crippen LogP contribution is 2.13. The van der Waals surface area contributed by atoms with E-state index in [0.29, 0.717) is 5.69 Å². The largest absolute Gasteiger partial charge is 0.366 e. The third-order valence-corrected chi connectivity index (χ3v) is 2.21. The van der Waals surface area contributed by atoms with Gasteiger partial charge in [-0.2, -0.15) is 5.10 Å². The summed E-state index contributed by atoms with van der Waals surface area (Å²) in [6.07, 6.45) is 1.72. The van der Waals surface area contributed by atoms with E-state index in [0.717, 1.165) is 5.69 Å². The molecule has 0 atom stereocenters. The Hall–Kier alpha value is -2.17. The van der Waals surface area contributed by atoms with Crippen LogP contribution in [0.5, 0.6) is 0 Å². The van der Waals surface area contributed by atoms with Gasteiger partial charge in [-0.1, -0.05) is 0 Å². The van der Waals surface area contributed by atoms with E-state index in [2.05, 4.69) is 5.10 Å². The number of nitrogens with zero attached hydrogens (tertiary/aromatic N) is 2. The van der Waals surface area contributed by atoms with Crippen LogP contribution in [0.2, 0.25) is 0 Å². The number of primary amides is 1. The molecule has 0 aliphatic heterocycles. The molecule has 0 aliphatic rings. The molecule has 0 saturated carbocycles. The van der Waals surface area contributed by atoms with Gasteiger partial charge in [-0.15, -0.1) is 0 Å². The van der Waals surface area contributed by atoms with Gasteiger partial charge >= 0.3 is 0 Å². The molecule has 2 N–H and O–H groups in total. The van der Waals surface area contributed by atoms with Gasteiger partial charge in [0.2, 0.25) is 0 Å². The zero-order valence-electron chi connectivity index (χ0n) is 8.64. The van der Waals surface area contributed by atoms with Crippen molar-refractivity contribution < 1.29 is 9.18 Å². The minimum atomic E-state index is -0.777. The van der Waals surface area contributed by atoms with Gasteiger partial charge in [-0.3, -0.25) is 4.79 Å². The van der Waals surface area contributed by atoms with Crippen molar-refractivity contribution in [3.8, 4) is 5.69 Å². The molecule has 0 spiro atoms. The fourth-order valence-corrected chi connectivity index (χ4v) is 1.41. The molecular weight excluding hydrogens is 209 g/mol. The lowest BCUT2D eigenvalue weighted by Gasteiger charge is -2.03. The van der Waals surface area contributed by atoms with Gasteiger partial charge in [0.25, 0.3) is 5.91 Å². The normalized spacial score (nSPS) is 10.4. The fourth-order valence-electron chi connectivity index (χ4n) is 1.41. The number of aryl methyl sites for hydroxylation is 1. The van der Waals surface area contributed by atoms with Gasteiger partial charge in [0, 0.05) is 12.3 Å². The summed E-state index contributed by atoms with van der Waals surface area (Å²) in [5.74, 6) is -1.42. The van der Waals surface area contributed by atoms with E-state index >= 15 is 0 Å². The fraction of sp³-hybridized carbons (Fsp3) is 0.0909. The summed E-state index contributed by atoms with van der Waals surface area (Å²) in [5, 5.41) is 4.13. The number of carbonyl (C=O) groups is 1. The first-order valence-corrected chi connectivity index (χ1v) is 4.70. The Kier molecular flexibility index (Phi) is 2.44. The minimum absolute atomic E-state index is 0.118. The van der Waals surface area contributed by atoms with E-state index in [9.17, 15) is 9.18 Å². The number of hydrogen-bond donors (Lipinski definition) is 1. The Balaban J connectivity index is 2.45. The van der Waals surface area contributed by atoms with Gasteiger partial charge in [-0.05, 0) is 25.1 Å². The monoisotopic (exact) mass is 219 g/mol. The van der Waals surface area contributed by atoms with E-state index in [-0.39, 0.29) is 5.56 Å². The number of halogens is 1. The Bertz CT molecular complexity index is 548. The average molecular weight is 219 g/mol. The highest BCUT2D eigenvalue weighted by atomic mass is 19.1. The zero-order chi connectivity index (χ0) is 11.7. The van der Waals surface area contributed by atoms with Crippen molar-refractivity contribution in [1.29, 1.82) is 0 Å². The van der Waals surface area contributed by atoms with Gasteiger partial charge in [0.1, 0.15) is 5.82 Å². The van der Waals surface area contributed by atoms with Crippen molar-refractivity contribution in [2.24, 2.45) is 5.73 Å². The van der Waals surface area contributed by atoms with Crippen molar-refractivity contribution in [3.05, 3.63) is 47.5 Å². The molecule has 2 rings (SSSR count). The van der Waals surface area contributed by atoms with Crippen LogP contribution in [0.4, 0.5) is 4.39 Å². The lowest BCUT2D eigenvalue weighted by Crippen LogP contribution is -2.13. The highest BCUT2D eigenvalue weighted by molar-refractivity contribution is 5.93. The van der Waals surface area contributed by atoms with Gasteiger partial charge in [0.15, 0.2) is 0 Å². The number of rotatable bonds is 2. The van der Waals surface area contributed by atoms with Crippen molar-refractivity contribution >= 4 is 5.91 Å². The first-order chi connectivity index (χ1) is 7.58. The van der Waals surface area contributed by atoms with Crippen LogP contribution in [0.1, 0.15) is 16.1 Å². The number of aromatic nitrogens is 2. The Morgan fingerprint density at radius 1 is 1.44 bits per heavy atom. The second-order valence-corrected chi connectivity index (χ2v) is 3.43. The summed E-state index contributed by atoms with van der Waals surface area (Å²) >= 11 is 0. The molecule has 82 valence electrons. The maximum absolute atomic E-state index is 13.5. The number of amides is 1. The quantitative estimate of drug-likeness (QED) is 0.830. The van der Waals surface area contributed by atoms with Gasteiger partial charge in [-0.25, -0.2) is 9.07 Å². The molecule has 0 aliphatic carbocycles. The number of nitrogens with two attached hydrogens (primary N) is 1. The van der Waals surface area contributed by atoms with Crippen LogP contribution in [-0.4, -0.2) is 15.7 Å². The Labute approximate surface area is 91.5 Å². The number of hydrogen-bond acceptors (Lipinski definition) is 2. The molecule has 0 unspecified atom stereocenters. The van der Waals surface area contributed by atoms with Crippen LogP contribution < -0.4 is 5.73 Å². The maximum Gasteiger partial charge on any atom is 0.251 e. The Morgan fingerprint density at radius 3 is 2.69 bits per heavy atom. The predicted molar refractivity (Wildman–Crippen MR) is 56.8 cm³/mol. The van der Waals surface area contributed by atoms with Crippen LogP contribution in [-0.2, 0) is 0 Å². The average Bonchev–Trinajstić information content (AvgIpc) is 2.64. The van der Waals surface area contributed by atoms with Crippen molar-refractivity contribution in [2.75, 3.05) is 0 Å². The molecule has 2 aromatic rings. The second kappa shape index (κ2) is 3.77. The lowest BCUT2D eigenvalue weighted by atomic mass is 10.2. The minimum Gasteiger partial charge on any atom is -0.366 e. The maximum atomic E-state index is 13.5. The molecule has 0 radical (unpaired) electrons. The third-order valence-electron chi connectivity index (χ3n) is 2.21. The van der Waals surface area contributed by atoms with E-state index in [4.69, 9.17) is 5.73 Å². The molecule has 16 heavy (non-hydrogen) atoms. The van der Waals surface area contributed by atoms with Crippen LogP contribution in [0.25, 0.3) is 5.69 Å². The summed E-state index contributed by atoms with van der Waals surface area (Å²) in [4.78, 5) is 10.8. The van der Waals surface area contributed by atoms with Gasteiger partial charge < -0.3 is 5.73 Å². The summed E-state index contributed by atoms with van der Waals surface area (Å²) in [7, 11) is 0. The van der Waals surface area contributed by atoms with E-state index in [1.807, 2.05) is 6.92 Å². The molecule has 1 amide bonds. The van der Waals surface area contributed by atoms with Crippen LogP contribution in [0.3, 0.4) is 0 Å². The summed E-state index contributed by atoms with van der Waals surface area (Å²) in [5.41, 5.74) is 6.27. The summed E-state index contributed by atoms with van der Waals surface area (Å²) in [6.45, 7) is 1.84. The molecule has 0 bridgehead atoms. The molecular formula is C11H10FN3O. The molecule has 5 heteroatoms. The highest BCUT2D eigenvalue weighted by Gasteiger charge is 2.09. The summed E-state index contributed by atoms with van der Waals surface area (Å²) < 4.78 is 15.0. The first-order valence-electron chi connectivity index (χ1n) is 4.70. The van der Waals surface area contributed by atoms with Crippen LogP contribution >= 0.6 is 0 Å². The molecule has 4 nitrogen and oxygen atoms in total. The molecule has 1 aromatic carbocycles. The lowest BCUT2D eigenvalue weighted by molar-refractivity contribution is 0.0996. The standard InChI is InChI=1S/C11H10FN3O/c1-7-4-5-15(14-7)8-2-3-9(11(13)16)10(12)6-8/h2-6H,1H3,(H2,13,16). The molecule has 1 aromatic heterocycles. The van der Waals surface area contributed by atoms with E-state index in [1.165, 1.54) is 16.8 Å². The van der Waals surface area contributed by atoms with Crippen LogP contribution in [0, 0.1) is 12.7 Å².